The third-order valence-corrected chi connectivity index (χ3v) is 4.96. The molecule has 0 aliphatic carbocycles. The largest absolute Gasteiger partial charge is 0.474 e. The summed E-state index contributed by atoms with van der Waals surface area (Å²) in [4.78, 5) is 12.0. The van der Waals surface area contributed by atoms with Gasteiger partial charge in [0.05, 0.1) is 13.2 Å². The number of fused-ring (bicyclic) bond motifs is 1. The van der Waals surface area contributed by atoms with Crippen LogP contribution in [0.15, 0.2) is 52.6 Å². The fraction of sp³-hybridized carbons (Fsp3) is 0.375. The van der Waals surface area contributed by atoms with Gasteiger partial charge in [-0.2, -0.15) is 0 Å². The Hall–Kier alpha value is -1.67. The number of rotatable bonds is 5. The van der Waals surface area contributed by atoms with Crippen molar-refractivity contribution in [3.63, 3.8) is 0 Å². The van der Waals surface area contributed by atoms with Gasteiger partial charge < -0.3 is 14.2 Å². The summed E-state index contributed by atoms with van der Waals surface area (Å²) < 4.78 is 17.1. The lowest BCUT2D eigenvalue weighted by Gasteiger charge is -2.26. The van der Waals surface area contributed by atoms with Crippen LogP contribution in [0.1, 0.15) is 0 Å². The van der Waals surface area contributed by atoms with Crippen LogP contribution in [0.5, 0.6) is 5.88 Å². The quantitative estimate of drug-likeness (QED) is 0.831. The van der Waals surface area contributed by atoms with Gasteiger partial charge in [0.25, 0.3) is 0 Å². The van der Waals surface area contributed by atoms with Crippen molar-refractivity contribution < 1.29 is 14.2 Å². The second-order valence-electron chi connectivity index (χ2n) is 5.59. The van der Waals surface area contributed by atoms with Gasteiger partial charge in [-0.1, -0.05) is 30.0 Å². The van der Waals surface area contributed by atoms with Gasteiger partial charge in [0.15, 0.2) is 5.03 Å². The zero-order valence-electron chi connectivity index (χ0n) is 12.6. The molecule has 0 atom stereocenters. The Morgan fingerprint density at radius 2 is 1.83 bits per heavy atom. The zero-order valence-corrected chi connectivity index (χ0v) is 13.4. The Bertz CT molecular complexity index is 661. The molecule has 0 radical (unpaired) electrons. The smallest absolute Gasteiger partial charge is 0.247 e. The Labute approximate surface area is 138 Å². The molecule has 0 bridgehead atoms. The Kier molecular flexibility index (Phi) is 4.17. The summed E-state index contributed by atoms with van der Waals surface area (Å²) >= 11 is 1.54. The summed E-state index contributed by atoms with van der Waals surface area (Å²) in [6, 6.07) is 10.1. The van der Waals surface area contributed by atoms with Crippen LogP contribution >= 0.6 is 11.8 Å². The maximum Gasteiger partial charge on any atom is 0.247 e. The van der Waals surface area contributed by atoms with Crippen LogP contribution in [0.4, 0.5) is 0 Å². The predicted octanol–water partition coefficient (Wildman–Crippen LogP) is 2.02. The van der Waals surface area contributed by atoms with Crippen LogP contribution in [-0.2, 0) is 9.47 Å². The van der Waals surface area contributed by atoms with Crippen molar-refractivity contribution in [3.8, 4) is 5.88 Å². The van der Waals surface area contributed by atoms with E-state index in [2.05, 4.69) is 14.9 Å². The molecule has 0 saturated carbocycles. The lowest BCUT2D eigenvalue weighted by molar-refractivity contribution is 0.0693. The number of hydrogen-bond acceptors (Lipinski definition) is 7. The van der Waals surface area contributed by atoms with Crippen molar-refractivity contribution >= 4 is 11.8 Å². The molecule has 1 aromatic carbocycles. The van der Waals surface area contributed by atoms with Gasteiger partial charge in [-0.3, -0.25) is 0 Å². The van der Waals surface area contributed by atoms with Crippen LogP contribution in [0, 0.1) is 0 Å². The monoisotopic (exact) mass is 331 g/mol. The summed E-state index contributed by atoms with van der Waals surface area (Å²) in [6.07, 6.45) is 3.33. The van der Waals surface area contributed by atoms with E-state index in [9.17, 15) is 0 Å². The summed E-state index contributed by atoms with van der Waals surface area (Å²) in [6.45, 7) is 2.90. The number of nitrogens with zero attached hydrogens (tertiary/aromatic N) is 3. The first kappa shape index (κ1) is 14.9. The molecule has 120 valence electrons. The highest BCUT2D eigenvalue weighted by Gasteiger charge is 2.47. The lowest BCUT2D eigenvalue weighted by Crippen LogP contribution is -2.48. The molecule has 7 heteroatoms. The van der Waals surface area contributed by atoms with Gasteiger partial charge in [-0.15, -0.1) is 0 Å². The fourth-order valence-corrected chi connectivity index (χ4v) is 3.51. The SMILES string of the molecule is c1ccc(Sc2nccnc2OCC23COCN2COC3)cc1. The molecular weight excluding hydrogens is 314 g/mol. The first-order chi connectivity index (χ1) is 11.4. The van der Waals surface area contributed by atoms with Crippen molar-refractivity contribution in [2.75, 3.05) is 33.3 Å². The average Bonchev–Trinajstić information content (AvgIpc) is 3.15. The Morgan fingerprint density at radius 3 is 2.61 bits per heavy atom. The predicted molar refractivity (Wildman–Crippen MR) is 84.3 cm³/mol. The van der Waals surface area contributed by atoms with Crippen molar-refractivity contribution in [1.82, 2.24) is 14.9 Å². The van der Waals surface area contributed by atoms with E-state index in [1.165, 1.54) is 0 Å². The molecule has 4 rings (SSSR count). The van der Waals surface area contributed by atoms with Gasteiger partial charge in [0.2, 0.25) is 5.88 Å². The van der Waals surface area contributed by atoms with Crippen molar-refractivity contribution in [2.24, 2.45) is 0 Å². The molecule has 3 heterocycles. The molecule has 2 aliphatic heterocycles. The van der Waals surface area contributed by atoms with E-state index < -0.39 is 0 Å². The van der Waals surface area contributed by atoms with Crippen LogP contribution < -0.4 is 4.74 Å². The molecule has 1 aromatic heterocycles. The second kappa shape index (κ2) is 6.45. The first-order valence-electron chi connectivity index (χ1n) is 7.43. The van der Waals surface area contributed by atoms with Gasteiger partial charge in [0.1, 0.15) is 25.6 Å². The summed E-state index contributed by atoms with van der Waals surface area (Å²) in [5.41, 5.74) is -0.202. The van der Waals surface area contributed by atoms with E-state index in [0.29, 0.717) is 39.2 Å². The maximum atomic E-state index is 6.00. The standard InChI is InChI=1S/C16H17N3O3S/c1-2-4-13(5-3-1)23-15-14(17-6-7-18-15)22-10-16-8-20-11-19(16)12-21-9-16/h1-7H,8-12H2. The number of ether oxygens (including phenoxy) is 3. The summed E-state index contributed by atoms with van der Waals surface area (Å²) in [5.74, 6) is 0.550. The van der Waals surface area contributed by atoms with Crippen molar-refractivity contribution in [3.05, 3.63) is 42.7 Å². The van der Waals surface area contributed by atoms with Crippen LogP contribution in [0.3, 0.4) is 0 Å². The van der Waals surface area contributed by atoms with E-state index in [1.807, 2.05) is 30.3 Å². The van der Waals surface area contributed by atoms with Crippen LogP contribution in [0.25, 0.3) is 0 Å². The number of aromatic nitrogens is 2. The van der Waals surface area contributed by atoms with E-state index in [0.717, 1.165) is 9.92 Å². The average molecular weight is 331 g/mol. The molecule has 2 fully saturated rings. The van der Waals surface area contributed by atoms with Crippen molar-refractivity contribution in [1.29, 1.82) is 0 Å². The normalized spacial score (nSPS) is 19.7. The maximum absolute atomic E-state index is 6.00. The Morgan fingerprint density at radius 1 is 1.09 bits per heavy atom. The third-order valence-electron chi connectivity index (χ3n) is 3.98. The molecule has 23 heavy (non-hydrogen) atoms. The topological polar surface area (TPSA) is 56.7 Å². The van der Waals surface area contributed by atoms with Crippen LogP contribution in [-0.4, -0.2) is 53.7 Å². The Balaban J connectivity index is 1.49. The highest BCUT2D eigenvalue weighted by Crippen LogP contribution is 2.33. The molecule has 0 spiro atoms. The molecule has 0 N–H and O–H groups in total. The molecule has 0 amide bonds. The third kappa shape index (κ3) is 3.05. The molecular formula is C16H17N3O3S. The molecule has 2 aromatic rings. The second-order valence-corrected chi connectivity index (χ2v) is 6.65. The van der Waals surface area contributed by atoms with E-state index in [-0.39, 0.29) is 5.54 Å². The molecule has 2 saturated heterocycles. The molecule has 6 nitrogen and oxygen atoms in total. The number of benzene rings is 1. The highest BCUT2D eigenvalue weighted by atomic mass is 32.2. The molecule has 0 unspecified atom stereocenters. The summed E-state index contributed by atoms with van der Waals surface area (Å²) in [7, 11) is 0. The minimum atomic E-state index is -0.202. The van der Waals surface area contributed by atoms with Gasteiger partial charge in [0, 0.05) is 17.3 Å². The highest BCUT2D eigenvalue weighted by molar-refractivity contribution is 7.99. The lowest BCUT2D eigenvalue weighted by atomic mass is 10.0. The zero-order chi connectivity index (χ0) is 15.5. The van der Waals surface area contributed by atoms with E-state index in [1.54, 1.807) is 24.2 Å². The van der Waals surface area contributed by atoms with E-state index >= 15 is 0 Å². The minimum Gasteiger partial charge on any atom is -0.474 e. The van der Waals surface area contributed by atoms with Gasteiger partial charge in [-0.05, 0) is 12.1 Å². The fourth-order valence-electron chi connectivity index (χ4n) is 2.69. The minimum absolute atomic E-state index is 0.202. The van der Waals surface area contributed by atoms with Crippen LogP contribution in [0.2, 0.25) is 0 Å². The van der Waals surface area contributed by atoms with E-state index in [4.69, 9.17) is 14.2 Å². The summed E-state index contributed by atoms with van der Waals surface area (Å²) in [5, 5.41) is 0.763. The molecule has 2 aliphatic rings. The van der Waals surface area contributed by atoms with Gasteiger partial charge in [-0.25, -0.2) is 14.9 Å². The number of hydrogen-bond donors (Lipinski definition) is 0. The first-order valence-corrected chi connectivity index (χ1v) is 8.25. The van der Waals surface area contributed by atoms with Crippen molar-refractivity contribution in [2.45, 2.75) is 15.5 Å². The van der Waals surface area contributed by atoms with Gasteiger partial charge >= 0.3 is 0 Å².